The Morgan fingerprint density at radius 1 is 1.57 bits per heavy atom. The number of nitrogens with zero attached hydrogens (tertiary/aromatic N) is 1. The number of carbonyl (C=O) groups excluding carboxylic acids is 1. The lowest BCUT2D eigenvalue weighted by Crippen LogP contribution is -1.99. The van der Waals surface area contributed by atoms with Crippen molar-refractivity contribution in [3.8, 4) is 0 Å². The van der Waals surface area contributed by atoms with Gasteiger partial charge in [-0.2, -0.15) is 0 Å². The van der Waals surface area contributed by atoms with Gasteiger partial charge < -0.3 is 0 Å². The third-order valence-electron chi connectivity index (χ3n) is 1.59. The second kappa shape index (κ2) is 4.43. The highest BCUT2D eigenvalue weighted by atomic mass is 35.5. The fraction of sp³-hybridized carbons (Fsp3) is 0.125. The molecule has 1 rings (SSSR count). The summed E-state index contributed by atoms with van der Waals surface area (Å²) >= 11 is 9.15. The Balaban J connectivity index is 3.14. The highest BCUT2D eigenvalue weighted by molar-refractivity contribution is 7.96. The molecule has 4 nitrogen and oxygen atoms in total. The van der Waals surface area contributed by atoms with Gasteiger partial charge in [-0.15, -0.1) is 12.6 Å². The van der Waals surface area contributed by atoms with Crippen molar-refractivity contribution in [2.75, 3.05) is 0 Å². The van der Waals surface area contributed by atoms with Crippen LogP contribution < -0.4 is 0 Å². The maximum Gasteiger partial charge on any atom is 0.274 e. The van der Waals surface area contributed by atoms with Gasteiger partial charge in [0.15, 0.2) is 5.12 Å². The van der Waals surface area contributed by atoms with E-state index in [1.54, 1.807) is 0 Å². The summed E-state index contributed by atoms with van der Waals surface area (Å²) in [5.74, 6) is 0. The van der Waals surface area contributed by atoms with Crippen molar-refractivity contribution in [3.05, 3.63) is 38.9 Å². The molecule has 0 aliphatic heterocycles. The van der Waals surface area contributed by atoms with Crippen LogP contribution >= 0.6 is 24.2 Å². The van der Waals surface area contributed by atoms with Crippen LogP contribution in [0.25, 0.3) is 0 Å². The minimum absolute atomic E-state index is 0.0728. The van der Waals surface area contributed by atoms with Crippen molar-refractivity contribution in [1.82, 2.24) is 0 Å². The number of thiol groups is 1. The third kappa shape index (κ3) is 2.71. The first-order valence-electron chi connectivity index (χ1n) is 3.65. The van der Waals surface area contributed by atoms with Crippen molar-refractivity contribution < 1.29 is 9.72 Å². The Morgan fingerprint density at radius 2 is 2.21 bits per heavy atom. The van der Waals surface area contributed by atoms with Crippen molar-refractivity contribution in [3.63, 3.8) is 0 Å². The molecule has 0 saturated carbocycles. The minimum Gasteiger partial charge on any atom is -0.287 e. The summed E-state index contributed by atoms with van der Waals surface area (Å²) < 4.78 is 0. The molecule has 0 aliphatic carbocycles. The Labute approximate surface area is 90.4 Å². The number of nitro benzene ring substituents is 1. The Kier molecular flexibility index (Phi) is 3.49. The second-order valence-electron chi connectivity index (χ2n) is 2.60. The maximum atomic E-state index is 10.7. The molecule has 0 amide bonds. The van der Waals surface area contributed by atoms with Crippen LogP contribution in [0.5, 0.6) is 0 Å². The zero-order valence-electron chi connectivity index (χ0n) is 6.94. The molecule has 0 aromatic heterocycles. The average molecular weight is 232 g/mol. The van der Waals surface area contributed by atoms with Crippen LogP contribution in [-0.4, -0.2) is 10.0 Å². The molecule has 14 heavy (non-hydrogen) atoms. The first kappa shape index (κ1) is 11.0. The van der Waals surface area contributed by atoms with E-state index in [1.807, 2.05) is 0 Å². The van der Waals surface area contributed by atoms with Gasteiger partial charge in [0.1, 0.15) is 0 Å². The van der Waals surface area contributed by atoms with Crippen LogP contribution in [0.15, 0.2) is 18.2 Å². The molecule has 6 heteroatoms. The molecule has 0 atom stereocenters. The summed E-state index contributed by atoms with van der Waals surface area (Å²) in [6.07, 6.45) is -0.0728. The lowest BCUT2D eigenvalue weighted by atomic mass is 10.1. The van der Waals surface area contributed by atoms with E-state index < -0.39 is 10.0 Å². The normalized spacial score (nSPS) is 9.86. The molecule has 0 fully saturated rings. The van der Waals surface area contributed by atoms with Gasteiger partial charge in [-0.1, -0.05) is 17.7 Å². The summed E-state index contributed by atoms with van der Waals surface area (Å²) in [5, 5.41) is 10.4. The highest BCUT2D eigenvalue weighted by Gasteiger charge is 2.15. The fourth-order valence-electron chi connectivity index (χ4n) is 1.02. The van der Waals surface area contributed by atoms with Crippen molar-refractivity contribution in [1.29, 1.82) is 0 Å². The first-order chi connectivity index (χ1) is 6.50. The Morgan fingerprint density at radius 3 is 2.71 bits per heavy atom. The monoisotopic (exact) mass is 231 g/mol. The number of benzene rings is 1. The van der Waals surface area contributed by atoms with Gasteiger partial charge in [-0.05, 0) is 6.07 Å². The van der Waals surface area contributed by atoms with E-state index in [-0.39, 0.29) is 17.1 Å². The van der Waals surface area contributed by atoms with Gasteiger partial charge >= 0.3 is 0 Å². The van der Waals surface area contributed by atoms with E-state index >= 15 is 0 Å². The molecule has 0 heterocycles. The predicted molar refractivity (Wildman–Crippen MR) is 55.8 cm³/mol. The second-order valence-corrected chi connectivity index (χ2v) is 3.54. The molecule has 0 radical (unpaired) electrons. The van der Waals surface area contributed by atoms with Crippen molar-refractivity contribution in [2.45, 2.75) is 6.42 Å². The zero-order valence-corrected chi connectivity index (χ0v) is 8.59. The number of halogens is 1. The van der Waals surface area contributed by atoms with Crippen LogP contribution in [0.3, 0.4) is 0 Å². The lowest BCUT2D eigenvalue weighted by Gasteiger charge is -1.99. The van der Waals surface area contributed by atoms with E-state index in [2.05, 4.69) is 12.6 Å². The number of carbonyl (C=O) groups is 1. The van der Waals surface area contributed by atoms with Crippen LogP contribution in [0.2, 0.25) is 5.02 Å². The average Bonchev–Trinajstić information content (AvgIpc) is 2.07. The fourth-order valence-corrected chi connectivity index (χ4v) is 1.36. The van der Waals surface area contributed by atoms with Crippen LogP contribution in [0.1, 0.15) is 5.56 Å². The van der Waals surface area contributed by atoms with E-state index in [9.17, 15) is 14.9 Å². The molecule has 1 aromatic carbocycles. The number of nitro groups is 1. The molecule has 1 aromatic rings. The Bertz CT molecular complexity index is 394. The van der Waals surface area contributed by atoms with Gasteiger partial charge in [0.2, 0.25) is 0 Å². The minimum atomic E-state index is -0.571. The molecule has 0 spiro atoms. The molecular weight excluding hydrogens is 226 g/mol. The standard InChI is InChI=1S/C8H6ClNO3S/c9-6-2-1-5(3-8(11)14)7(4-6)10(12)13/h1-2,4H,3H2,(H,11,14). The van der Waals surface area contributed by atoms with Gasteiger partial charge in [0.05, 0.1) is 4.92 Å². The summed E-state index contributed by atoms with van der Waals surface area (Å²) in [4.78, 5) is 20.7. The van der Waals surface area contributed by atoms with Gasteiger partial charge in [-0.3, -0.25) is 14.9 Å². The number of rotatable bonds is 3. The highest BCUT2D eigenvalue weighted by Crippen LogP contribution is 2.23. The summed E-state index contributed by atoms with van der Waals surface area (Å²) in [7, 11) is 0. The summed E-state index contributed by atoms with van der Waals surface area (Å²) in [5.41, 5.74) is 0.166. The van der Waals surface area contributed by atoms with Crippen molar-refractivity contribution >= 4 is 35.0 Å². The van der Waals surface area contributed by atoms with E-state index in [0.29, 0.717) is 5.56 Å². The summed E-state index contributed by atoms with van der Waals surface area (Å²) in [6, 6.07) is 4.17. The molecular formula is C8H6ClNO3S. The lowest BCUT2D eigenvalue weighted by molar-refractivity contribution is -0.385. The maximum absolute atomic E-state index is 10.7. The largest absolute Gasteiger partial charge is 0.287 e. The molecule has 0 saturated heterocycles. The molecule has 0 N–H and O–H groups in total. The predicted octanol–water partition coefficient (Wildman–Crippen LogP) is 2.25. The van der Waals surface area contributed by atoms with Crippen LogP contribution in [-0.2, 0) is 11.2 Å². The molecule has 0 unspecified atom stereocenters. The van der Waals surface area contributed by atoms with Gasteiger partial charge in [-0.25, -0.2) is 0 Å². The van der Waals surface area contributed by atoms with E-state index in [1.165, 1.54) is 18.2 Å². The van der Waals surface area contributed by atoms with Crippen molar-refractivity contribution in [2.24, 2.45) is 0 Å². The molecule has 0 bridgehead atoms. The van der Waals surface area contributed by atoms with E-state index in [4.69, 9.17) is 11.6 Å². The number of hydrogen-bond acceptors (Lipinski definition) is 3. The third-order valence-corrected chi connectivity index (χ3v) is 1.98. The zero-order chi connectivity index (χ0) is 10.7. The first-order valence-corrected chi connectivity index (χ1v) is 4.48. The van der Waals surface area contributed by atoms with Crippen LogP contribution in [0, 0.1) is 10.1 Å². The van der Waals surface area contributed by atoms with Gasteiger partial charge in [0, 0.05) is 23.1 Å². The number of hydrogen-bond donors (Lipinski definition) is 1. The summed E-state index contributed by atoms with van der Waals surface area (Å²) in [6.45, 7) is 0. The smallest absolute Gasteiger partial charge is 0.274 e. The topological polar surface area (TPSA) is 60.2 Å². The van der Waals surface area contributed by atoms with E-state index in [0.717, 1.165) is 0 Å². The van der Waals surface area contributed by atoms with Gasteiger partial charge in [0.25, 0.3) is 5.69 Å². The SMILES string of the molecule is O=C(S)Cc1ccc(Cl)cc1[N+](=O)[O-]. The van der Waals surface area contributed by atoms with Crippen LogP contribution in [0.4, 0.5) is 5.69 Å². The Hall–Kier alpha value is -1.07. The molecule has 74 valence electrons. The quantitative estimate of drug-likeness (QED) is 0.493. The molecule has 0 aliphatic rings.